The quantitative estimate of drug-likeness (QED) is 0.702. The fourth-order valence-corrected chi connectivity index (χ4v) is 4.08. The molecule has 1 amide bonds. The molecule has 2 heterocycles. The van der Waals surface area contributed by atoms with E-state index < -0.39 is 17.7 Å². The number of benzene rings is 1. The highest BCUT2D eigenvalue weighted by atomic mass is 32.1. The number of amides is 1. The summed E-state index contributed by atoms with van der Waals surface area (Å²) in [6.07, 6.45) is -0.153. The summed E-state index contributed by atoms with van der Waals surface area (Å²) in [5.41, 5.74) is 0.677. The van der Waals surface area contributed by atoms with E-state index in [1.54, 1.807) is 20.8 Å². The summed E-state index contributed by atoms with van der Waals surface area (Å²) >= 11 is 1.05. The summed E-state index contributed by atoms with van der Waals surface area (Å²) in [5, 5.41) is 0.431. The van der Waals surface area contributed by atoms with Crippen LogP contribution in [-0.4, -0.2) is 42.8 Å². The lowest BCUT2D eigenvalue weighted by Gasteiger charge is -2.32. The average molecular weight is 391 g/mol. The number of carbonyl (C=O) groups excluding carboxylic acids is 2. The second-order valence-electron chi connectivity index (χ2n) is 7.35. The fraction of sp³-hybridized carbons (Fsp3) is 0.400. The van der Waals surface area contributed by atoms with E-state index >= 15 is 0 Å². The lowest BCUT2D eigenvalue weighted by atomic mass is 9.93. The monoisotopic (exact) mass is 391 g/mol. The molecule has 0 aliphatic carbocycles. The molecule has 0 bridgehead atoms. The van der Waals surface area contributed by atoms with Crippen LogP contribution in [0.2, 0.25) is 0 Å². The van der Waals surface area contributed by atoms with Crippen LogP contribution >= 0.6 is 11.3 Å². The van der Waals surface area contributed by atoms with Gasteiger partial charge in [-0.1, -0.05) is 18.2 Å². The topological polar surface area (TPSA) is 55.8 Å². The molecule has 7 heteroatoms. The zero-order chi connectivity index (χ0) is 19.8. The van der Waals surface area contributed by atoms with Crippen molar-refractivity contribution in [1.82, 2.24) is 4.90 Å². The molecule has 0 N–H and O–H groups in total. The molecule has 0 fully saturated rings. The first kappa shape index (κ1) is 19.4. The highest BCUT2D eigenvalue weighted by Gasteiger charge is 2.32. The summed E-state index contributed by atoms with van der Waals surface area (Å²) in [4.78, 5) is 26.2. The zero-order valence-electron chi connectivity index (χ0n) is 15.8. The van der Waals surface area contributed by atoms with Gasteiger partial charge in [0.05, 0.1) is 19.2 Å². The Morgan fingerprint density at radius 3 is 2.59 bits per heavy atom. The number of fused-ring (bicyclic) bond motifs is 1. The first-order valence-corrected chi connectivity index (χ1v) is 9.48. The van der Waals surface area contributed by atoms with Gasteiger partial charge in [0.15, 0.2) is 5.13 Å². The number of methoxy groups -OCH3 is 1. The van der Waals surface area contributed by atoms with Crippen molar-refractivity contribution in [3.05, 3.63) is 40.5 Å². The molecule has 1 aliphatic heterocycles. The second-order valence-corrected chi connectivity index (χ2v) is 8.35. The Labute approximate surface area is 161 Å². The summed E-state index contributed by atoms with van der Waals surface area (Å²) in [5.74, 6) is -0.562. The van der Waals surface area contributed by atoms with Gasteiger partial charge in [-0.05, 0) is 38.8 Å². The normalized spacial score (nSPS) is 15.2. The molecule has 0 atom stereocenters. The number of hydrogen-bond acceptors (Lipinski definition) is 5. The summed E-state index contributed by atoms with van der Waals surface area (Å²) in [7, 11) is 1.28. The van der Waals surface area contributed by atoms with Gasteiger partial charge >= 0.3 is 12.1 Å². The molecule has 144 valence electrons. The molecule has 0 saturated carbocycles. The standard InChI is InChI=1S/C20H22FNO4S/c1-20(2,3)26-19(24)22-10-9-12(14(11-22)18(23)25-4)16-13-7-5-6-8-15(13)27-17(16)21/h5-8H,9-11H2,1-4H3. The van der Waals surface area contributed by atoms with E-state index in [2.05, 4.69) is 0 Å². The van der Waals surface area contributed by atoms with E-state index in [1.165, 1.54) is 12.0 Å². The minimum Gasteiger partial charge on any atom is -0.466 e. The van der Waals surface area contributed by atoms with Crippen molar-refractivity contribution in [3.8, 4) is 0 Å². The summed E-state index contributed by atoms with van der Waals surface area (Å²) < 4.78 is 25.9. The number of nitrogens with zero attached hydrogens (tertiary/aromatic N) is 1. The van der Waals surface area contributed by atoms with Crippen LogP contribution in [0.5, 0.6) is 0 Å². The molecule has 0 radical (unpaired) electrons. The van der Waals surface area contributed by atoms with E-state index in [0.29, 0.717) is 24.1 Å². The van der Waals surface area contributed by atoms with Crippen LogP contribution in [0.4, 0.5) is 9.18 Å². The maximum absolute atomic E-state index is 14.7. The van der Waals surface area contributed by atoms with Crippen LogP contribution in [0.15, 0.2) is 29.8 Å². The number of hydrogen-bond donors (Lipinski definition) is 0. The van der Waals surface area contributed by atoms with Gasteiger partial charge in [0.2, 0.25) is 0 Å². The van der Waals surface area contributed by atoms with E-state index in [4.69, 9.17) is 9.47 Å². The van der Waals surface area contributed by atoms with E-state index in [1.807, 2.05) is 24.3 Å². The van der Waals surface area contributed by atoms with Gasteiger partial charge in [-0.15, -0.1) is 11.3 Å². The third-order valence-corrected chi connectivity index (χ3v) is 5.24. The molecule has 3 rings (SSSR count). The van der Waals surface area contributed by atoms with Crippen molar-refractivity contribution < 1.29 is 23.5 Å². The van der Waals surface area contributed by atoms with Crippen LogP contribution in [0.25, 0.3) is 15.7 Å². The Morgan fingerprint density at radius 1 is 1.22 bits per heavy atom. The maximum atomic E-state index is 14.7. The SMILES string of the molecule is COC(=O)C1=C(c2c(F)sc3ccccc23)CCN(C(=O)OC(C)(C)C)C1. The Balaban J connectivity index is 2.03. The van der Waals surface area contributed by atoms with E-state index in [0.717, 1.165) is 21.4 Å². The number of thiophene rings is 1. The minimum absolute atomic E-state index is 0.0283. The van der Waals surface area contributed by atoms with Crippen molar-refractivity contribution in [3.63, 3.8) is 0 Å². The average Bonchev–Trinajstić information content (AvgIpc) is 2.94. The van der Waals surface area contributed by atoms with Crippen LogP contribution in [0.1, 0.15) is 32.8 Å². The zero-order valence-corrected chi connectivity index (χ0v) is 16.6. The molecule has 1 aliphatic rings. The van der Waals surface area contributed by atoms with E-state index in [9.17, 15) is 14.0 Å². The summed E-state index contributed by atoms with van der Waals surface area (Å²) in [6.45, 7) is 5.72. The minimum atomic E-state index is -0.637. The first-order chi connectivity index (χ1) is 12.7. The van der Waals surface area contributed by atoms with Gasteiger partial charge in [0.1, 0.15) is 5.60 Å². The highest BCUT2D eigenvalue weighted by Crippen LogP contribution is 2.39. The van der Waals surface area contributed by atoms with Crippen LogP contribution in [0.3, 0.4) is 0 Å². The predicted molar refractivity (Wildman–Crippen MR) is 103 cm³/mol. The predicted octanol–water partition coefficient (Wildman–Crippen LogP) is 4.61. The van der Waals surface area contributed by atoms with E-state index in [-0.39, 0.29) is 17.2 Å². The second kappa shape index (κ2) is 7.31. The molecule has 2 aromatic rings. The largest absolute Gasteiger partial charge is 0.466 e. The van der Waals surface area contributed by atoms with Gasteiger partial charge in [0, 0.05) is 22.2 Å². The number of rotatable bonds is 2. The molecule has 1 aromatic carbocycles. The molecule has 5 nitrogen and oxygen atoms in total. The van der Waals surface area contributed by atoms with Crippen molar-refractivity contribution >= 4 is 39.1 Å². The van der Waals surface area contributed by atoms with Crippen molar-refractivity contribution in [2.45, 2.75) is 32.8 Å². The summed E-state index contributed by atoms with van der Waals surface area (Å²) in [6, 6.07) is 7.38. The third kappa shape index (κ3) is 3.98. The van der Waals surface area contributed by atoms with Gasteiger partial charge < -0.3 is 14.4 Å². The molecular weight excluding hydrogens is 369 g/mol. The smallest absolute Gasteiger partial charge is 0.410 e. The molecule has 0 saturated heterocycles. The van der Waals surface area contributed by atoms with Crippen molar-refractivity contribution in [2.75, 3.05) is 20.2 Å². The number of halogens is 1. The van der Waals surface area contributed by atoms with Crippen LogP contribution < -0.4 is 0 Å². The van der Waals surface area contributed by atoms with Crippen LogP contribution in [0, 0.1) is 5.13 Å². The maximum Gasteiger partial charge on any atom is 0.410 e. The Kier molecular flexibility index (Phi) is 5.24. The van der Waals surface area contributed by atoms with Crippen molar-refractivity contribution in [1.29, 1.82) is 0 Å². The lowest BCUT2D eigenvalue weighted by Crippen LogP contribution is -2.42. The fourth-order valence-electron chi connectivity index (χ4n) is 3.13. The van der Waals surface area contributed by atoms with Crippen molar-refractivity contribution in [2.24, 2.45) is 0 Å². The number of carbonyl (C=O) groups is 2. The van der Waals surface area contributed by atoms with Crippen LogP contribution in [-0.2, 0) is 14.3 Å². The third-order valence-electron chi connectivity index (χ3n) is 4.28. The number of ether oxygens (including phenoxy) is 2. The van der Waals surface area contributed by atoms with Gasteiger partial charge in [-0.3, -0.25) is 0 Å². The van der Waals surface area contributed by atoms with Gasteiger partial charge in [-0.2, -0.15) is 4.39 Å². The first-order valence-electron chi connectivity index (χ1n) is 8.67. The highest BCUT2D eigenvalue weighted by molar-refractivity contribution is 7.17. The molecular formula is C20H22FNO4S. The lowest BCUT2D eigenvalue weighted by molar-refractivity contribution is -0.136. The van der Waals surface area contributed by atoms with Gasteiger partial charge in [-0.25, -0.2) is 9.59 Å². The Morgan fingerprint density at radius 2 is 1.93 bits per heavy atom. The molecule has 1 aromatic heterocycles. The Hall–Kier alpha value is -2.41. The van der Waals surface area contributed by atoms with Gasteiger partial charge in [0.25, 0.3) is 0 Å². The molecule has 27 heavy (non-hydrogen) atoms. The molecule has 0 unspecified atom stereocenters. The Bertz CT molecular complexity index is 926. The number of esters is 1. The molecule has 0 spiro atoms.